The third kappa shape index (κ3) is 9.87. The van der Waals surface area contributed by atoms with E-state index in [9.17, 15) is 32.0 Å². The third-order valence-electron chi connectivity index (χ3n) is 12.3. The van der Waals surface area contributed by atoms with Crippen LogP contribution in [-0.2, 0) is 29.1 Å². The monoisotopic (exact) mass is 872 g/mol. The van der Waals surface area contributed by atoms with Gasteiger partial charge in [0.05, 0.1) is 11.8 Å². The number of ether oxygens (including phenoxy) is 2. The Balaban J connectivity index is 0.938. The van der Waals surface area contributed by atoms with Crippen LogP contribution in [0.2, 0.25) is 0 Å². The van der Waals surface area contributed by atoms with Crippen molar-refractivity contribution < 1.29 is 45.9 Å². The summed E-state index contributed by atoms with van der Waals surface area (Å²) < 4.78 is 59.6. The van der Waals surface area contributed by atoms with Gasteiger partial charge in [-0.2, -0.15) is 4.98 Å². The lowest BCUT2D eigenvalue weighted by molar-refractivity contribution is -0.139. The number of likely N-dealkylation sites (tertiary alicyclic amines) is 1. The van der Waals surface area contributed by atoms with Crippen LogP contribution in [0.25, 0.3) is 33.5 Å². The summed E-state index contributed by atoms with van der Waals surface area (Å²) in [6, 6.07) is 8.31. The number of aryl methyl sites for hydroxylation is 2. The van der Waals surface area contributed by atoms with Crippen molar-refractivity contribution in [3.63, 3.8) is 0 Å². The molecule has 4 aliphatic rings. The summed E-state index contributed by atoms with van der Waals surface area (Å²) in [5, 5.41) is 3.05. The number of nitrogens with zero attached hydrogens (tertiary/aromatic N) is 3. The standard InChI is InChI=1S/C45H53FN6O9S/c1-25-14-19-37-33(20-25)38-39(61-37)43(50-41(49-38)28-16-15-26(2)34(46)22-28)59-30-23-36(40(47)53)52(24-30)44(55)35(48-45(56)60-29-11-8-9-12-29)13-7-5-3-4-6-10-27-21-32(27)42(54)51-62(57,58)31-17-18-31/h6,10,14-16,19-20,22,27,29-32,35-36H,3-5,7-9,11-13,17-18,21,23-24H2,1-2H3,(H2,47,53)(H,48,56)(H,51,54)/b10-6-/t27-,30-,32+,35+,36+/m1/s1. The van der Waals surface area contributed by atoms with Gasteiger partial charge in [0.1, 0.15) is 41.2 Å². The highest BCUT2D eigenvalue weighted by atomic mass is 32.2. The Kier molecular flexibility index (Phi) is 12.5. The van der Waals surface area contributed by atoms with Crippen LogP contribution >= 0.6 is 0 Å². The molecule has 8 rings (SSSR count). The van der Waals surface area contributed by atoms with Crippen LogP contribution in [0.5, 0.6) is 5.88 Å². The van der Waals surface area contributed by atoms with Crippen LogP contribution in [0.3, 0.4) is 0 Å². The zero-order valence-corrected chi connectivity index (χ0v) is 35.8. The molecule has 3 heterocycles. The fourth-order valence-corrected chi connectivity index (χ4v) is 9.84. The van der Waals surface area contributed by atoms with Crippen LogP contribution in [0.1, 0.15) is 94.6 Å². The van der Waals surface area contributed by atoms with Crippen molar-refractivity contribution >= 4 is 55.9 Å². The Labute approximate surface area is 359 Å². The second kappa shape index (κ2) is 18.0. The van der Waals surface area contributed by atoms with Gasteiger partial charge in [0.25, 0.3) is 5.88 Å². The number of nitrogens with one attached hydrogen (secondary N) is 2. The molecule has 4 aromatic rings. The fraction of sp³-hybridized carbons (Fsp3) is 0.511. The highest BCUT2D eigenvalue weighted by molar-refractivity contribution is 7.90. The van der Waals surface area contributed by atoms with E-state index in [1.807, 2.05) is 37.3 Å². The number of amides is 4. The van der Waals surface area contributed by atoms with Gasteiger partial charge in [0.2, 0.25) is 33.3 Å². The molecule has 17 heteroatoms. The fourth-order valence-electron chi connectivity index (χ4n) is 8.48. The van der Waals surface area contributed by atoms with Gasteiger partial charge in [-0.25, -0.2) is 22.6 Å². The quantitative estimate of drug-likeness (QED) is 0.0778. The Morgan fingerprint density at radius 1 is 1.00 bits per heavy atom. The van der Waals surface area contributed by atoms with Crippen molar-refractivity contribution in [2.45, 2.75) is 127 Å². The number of benzene rings is 2. The van der Waals surface area contributed by atoms with E-state index >= 15 is 0 Å². The van der Waals surface area contributed by atoms with E-state index < -0.39 is 63.1 Å². The van der Waals surface area contributed by atoms with E-state index in [2.05, 4.69) is 15.0 Å². The van der Waals surface area contributed by atoms with Gasteiger partial charge in [-0.3, -0.25) is 19.1 Å². The van der Waals surface area contributed by atoms with Crippen molar-refractivity contribution in [2.75, 3.05) is 6.54 Å². The lowest BCUT2D eigenvalue weighted by atomic mass is 10.0. The molecule has 4 N–H and O–H groups in total. The Bertz CT molecular complexity index is 2520. The molecular weight excluding hydrogens is 820 g/mol. The molecule has 5 atom stereocenters. The largest absolute Gasteiger partial charge is 0.470 e. The van der Waals surface area contributed by atoms with Gasteiger partial charge in [0.15, 0.2) is 5.82 Å². The molecular formula is C45H53FN6O9S. The number of primary amides is 1. The van der Waals surface area contributed by atoms with Gasteiger partial charge in [-0.15, -0.1) is 0 Å². The minimum absolute atomic E-state index is 0.0103. The average Bonchev–Trinajstić information content (AvgIpc) is 4.10. The minimum Gasteiger partial charge on any atom is -0.470 e. The maximum atomic E-state index is 14.8. The number of allylic oxidation sites excluding steroid dienone is 2. The minimum atomic E-state index is -3.56. The zero-order chi connectivity index (χ0) is 43.7. The van der Waals surface area contributed by atoms with E-state index in [0.717, 1.165) is 50.5 Å². The molecule has 3 aliphatic carbocycles. The Morgan fingerprint density at radius 3 is 2.53 bits per heavy atom. The highest BCUT2D eigenvalue weighted by Gasteiger charge is 2.45. The molecule has 330 valence electrons. The predicted molar refractivity (Wildman–Crippen MR) is 227 cm³/mol. The topological polar surface area (TPSA) is 213 Å². The van der Waals surface area contributed by atoms with Crippen molar-refractivity contribution in [1.82, 2.24) is 24.9 Å². The molecule has 0 spiro atoms. The van der Waals surface area contributed by atoms with Crippen molar-refractivity contribution in [1.29, 1.82) is 0 Å². The van der Waals surface area contributed by atoms with E-state index in [0.29, 0.717) is 53.3 Å². The van der Waals surface area contributed by atoms with Crippen LogP contribution in [0.15, 0.2) is 53.0 Å². The van der Waals surface area contributed by atoms with Crippen LogP contribution in [0.4, 0.5) is 9.18 Å². The molecule has 0 radical (unpaired) electrons. The van der Waals surface area contributed by atoms with Crippen LogP contribution in [-0.4, -0.2) is 83.2 Å². The molecule has 0 bridgehead atoms. The molecule has 3 saturated carbocycles. The van der Waals surface area contributed by atoms with E-state index in [1.165, 1.54) is 11.0 Å². The zero-order valence-electron chi connectivity index (χ0n) is 34.9. The number of unbranched alkanes of at least 4 members (excludes halogenated alkanes) is 3. The smallest absolute Gasteiger partial charge is 0.408 e. The van der Waals surface area contributed by atoms with Crippen molar-refractivity contribution in [3.8, 4) is 17.3 Å². The number of alkyl carbamates (subject to hydrolysis) is 1. The summed E-state index contributed by atoms with van der Waals surface area (Å²) in [6.45, 7) is 3.56. The summed E-state index contributed by atoms with van der Waals surface area (Å²) in [6.07, 6.45) is 10.6. The lowest BCUT2D eigenvalue weighted by Gasteiger charge is -2.28. The molecule has 62 heavy (non-hydrogen) atoms. The number of fused-ring (bicyclic) bond motifs is 3. The van der Waals surface area contributed by atoms with Gasteiger partial charge in [0, 0.05) is 23.3 Å². The number of carbonyl (C=O) groups is 4. The third-order valence-corrected chi connectivity index (χ3v) is 14.1. The van der Waals surface area contributed by atoms with E-state index in [1.54, 1.807) is 19.1 Å². The number of halogens is 1. The number of sulfonamides is 1. The van der Waals surface area contributed by atoms with Gasteiger partial charge < -0.3 is 29.8 Å². The highest BCUT2D eigenvalue weighted by Crippen LogP contribution is 2.41. The Hall–Kier alpha value is -5.58. The molecule has 2 aromatic heterocycles. The Morgan fingerprint density at radius 2 is 1.79 bits per heavy atom. The second-order valence-corrected chi connectivity index (χ2v) is 19.2. The summed E-state index contributed by atoms with van der Waals surface area (Å²) in [4.78, 5) is 63.7. The van der Waals surface area contributed by atoms with Crippen LogP contribution < -0.4 is 20.5 Å². The molecule has 15 nitrogen and oxygen atoms in total. The first kappa shape index (κ1) is 43.1. The SMILES string of the molecule is Cc1ccc2oc3c(O[C@@H]4C[C@@H](C(N)=O)N(C(=O)[C@H](CCCCC/C=C\[C@@H]5C[C@@H]5C(=O)NS(=O)(=O)C5CC5)NC(=O)OC5CCCC5)C4)nc(-c4ccc(C)c(F)c4)nc3c2c1. The maximum absolute atomic E-state index is 14.8. The molecule has 1 aliphatic heterocycles. The maximum Gasteiger partial charge on any atom is 0.408 e. The summed E-state index contributed by atoms with van der Waals surface area (Å²) in [7, 11) is -3.56. The number of hydrogen-bond donors (Lipinski definition) is 3. The number of aromatic nitrogens is 2. The van der Waals surface area contributed by atoms with Gasteiger partial charge in [-0.05, 0) is 108 Å². The van der Waals surface area contributed by atoms with Crippen LogP contribution in [0, 0.1) is 31.5 Å². The normalized spacial score (nSPS) is 22.0. The number of nitrogens with two attached hydrogens (primary N) is 1. The van der Waals surface area contributed by atoms with E-state index in [4.69, 9.17) is 24.6 Å². The average molecular weight is 873 g/mol. The number of rotatable bonds is 17. The van der Waals surface area contributed by atoms with E-state index in [-0.39, 0.29) is 54.6 Å². The molecule has 4 amide bonds. The molecule has 2 aromatic carbocycles. The lowest BCUT2D eigenvalue weighted by Crippen LogP contribution is -2.53. The molecule has 0 unspecified atom stereocenters. The van der Waals surface area contributed by atoms with Gasteiger partial charge in [-0.1, -0.05) is 48.8 Å². The number of carbonyl (C=O) groups excluding carboxylic acids is 4. The summed E-state index contributed by atoms with van der Waals surface area (Å²) >= 11 is 0. The second-order valence-electron chi connectivity index (χ2n) is 17.3. The summed E-state index contributed by atoms with van der Waals surface area (Å²) in [5.74, 6) is -2.13. The van der Waals surface area contributed by atoms with Crippen molar-refractivity contribution in [3.05, 3.63) is 65.5 Å². The molecule has 1 saturated heterocycles. The predicted octanol–water partition coefficient (Wildman–Crippen LogP) is 6.42. The first-order valence-corrected chi connectivity index (χ1v) is 23.2. The first-order chi connectivity index (χ1) is 29.7. The van der Waals surface area contributed by atoms with Gasteiger partial charge >= 0.3 is 6.09 Å². The molecule has 4 fully saturated rings. The number of furan rings is 1. The number of hydrogen-bond acceptors (Lipinski definition) is 11. The summed E-state index contributed by atoms with van der Waals surface area (Å²) in [5.41, 5.74) is 9.03. The first-order valence-electron chi connectivity index (χ1n) is 21.7. The van der Waals surface area contributed by atoms with Crippen molar-refractivity contribution in [2.24, 2.45) is 17.6 Å².